The third-order valence-corrected chi connectivity index (χ3v) is 4.99. The summed E-state index contributed by atoms with van der Waals surface area (Å²) >= 11 is 6.47. The average Bonchev–Trinajstić information content (AvgIpc) is 2.89. The minimum Gasteiger partial charge on any atom is -0.382 e. The Morgan fingerprint density at radius 1 is 1.23 bits per heavy atom. The second-order valence-corrected chi connectivity index (χ2v) is 6.84. The summed E-state index contributed by atoms with van der Waals surface area (Å²) in [7, 11) is 0. The molecule has 0 saturated heterocycles. The molecule has 26 heavy (non-hydrogen) atoms. The first-order valence-corrected chi connectivity index (χ1v) is 9.75. The normalized spacial score (nSPS) is 11.1. The lowest BCUT2D eigenvalue weighted by molar-refractivity contribution is 0.1000. The smallest absolute Gasteiger partial charge is 0.251 e. The predicted molar refractivity (Wildman–Crippen MR) is 108 cm³/mol. The number of nitrogens with two attached hydrogens (primary N) is 1. The van der Waals surface area contributed by atoms with E-state index in [4.69, 9.17) is 22.1 Å². The topological polar surface area (TPSA) is 57.2 Å². The van der Waals surface area contributed by atoms with Crippen LogP contribution in [0.2, 0.25) is 5.02 Å². The van der Waals surface area contributed by atoms with Gasteiger partial charge < -0.3 is 15.0 Å². The molecule has 142 valence electrons. The van der Waals surface area contributed by atoms with Crippen molar-refractivity contribution in [3.63, 3.8) is 0 Å². The number of rotatable bonds is 10. The van der Waals surface area contributed by atoms with Crippen LogP contribution in [0.1, 0.15) is 54.9 Å². The van der Waals surface area contributed by atoms with Gasteiger partial charge in [0.15, 0.2) is 0 Å². The van der Waals surface area contributed by atoms with Crippen molar-refractivity contribution in [2.45, 2.75) is 53.0 Å². The maximum Gasteiger partial charge on any atom is 0.251 e. The Morgan fingerprint density at radius 2 is 1.96 bits per heavy atom. The molecule has 0 radical (unpaired) electrons. The summed E-state index contributed by atoms with van der Waals surface area (Å²) in [6.45, 7) is 8.35. The van der Waals surface area contributed by atoms with Gasteiger partial charge in [-0.2, -0.15) is 0 Å². The van der Waals surface area contributed by atoms with E-state index in [9.17, 15) is 4.79 Å². The van der Waals surface area contributed by atoms with Gasteiger partial charge in [0, 0.05) is 47.3 Å². The van der Waals surface area contributed by atoms with Gasteiger partial charge in [0.25, 0.3) is 5.91 Å². The maximum atomic E-state index is 12.3. The van der Waals surface area contributed by atoms with Gasteiger partial charge in [-0.15, -0.1) is 0 Å². The summed E-state index contributed by atoms with van der Waals surface area (Å²) in [4.78, 5) is 12.3. The molecule has 0 spiro atoms. The van der Waals surface area contributed by atoms with Crippen LogP contribution in [0.5, 0.6) is 0 Å². The fourth-order valence-corrected chi connectivity index (χ4v) is 3.66. The lowest BCUT2D eigenvalue weighted by Crippen LogP contribution is -2.14. The quantitative estimate of drug-likeness (QED) is 0.594. The minimum absolute atomic E-state index is 0.404. The summed E-state index contributed by atoms with van der Waals surface area (Å²) in [5.74, 6) is -0.404. The second-order valence-electron chi connectivity index (χ2n) is 6.43. The Bertz CT molecular complexity index is 753. The number of aromatic nitrogens is 1. The molecule has 0 saturated carbocycles. The van der Waals surface area contributed by atoms with E-state index in [0.717, 1.165) is 54.7 Å². The highest BCUT2D eigenvalue weighted by molar-refractivity contribution is 6.33. The molecule has 1 heterocycles. The number of unbranched alkanes of at least 4 members (excludes halogenated alkanes) is 1. The Morgan fingerprint density at radius 3 is 2.58 bits per heavy atom. The van der Waals surface area contributed by atoms with Crippen LogP contribution in [0.3, 0.4) is 0 Å². The van der Waals surface area contributed by atoms with E-state index >= 15 is 0 Å². The van der Waals surface area contributed by atoms with Crippen molar-refractivity contribution in [1.29, 1.82) is 0 Å². The summed E-state index contributed by atoms with van der Waals surface area (Å²) < 4.78 is 7.71. The predicted octanol–water partition coefficient (Wildman–Crippen LogP) is 4.99. The Kier molecular flexibility index (Phi) is 7.73. The number of benzene rings is 1. The molecule has 0 bridgehead atoms. The second kappa shape index (κ2) is 9.79. The fraction of sp³-hybridized carbons (Fsp3) is 0.476. The molecule has 2 N–H and O–H groups in total. The first-order chi connectivity index (χ1) is 12.5. The molecule has 1 aromatic carbocycles. The minimum atomic E-state index is -0.404. The molecule has 0 aliphatic rings. The van der Waals surface area contributed by atoms with Gasteiger partial charge >= 0.3 is 0 Å². The van der Waals surface area contributed by atoms with E-state index in [2.05, 4.69) is 11.5 Å². The average molecular weight is 377 g/mol. The van der Waals surface area contributed by atoms with E-state index in [1.54, 1.807) is 0 Å². The van der Waals surface area contributed by atoms with Crippen molar-refractivity contribution in [2.24, 2.45) is 5.73 Å². The van der Waals surface area contributed by atoms with Crippen LogP contribution in [-0.4, -0.2) is 23.7 Å². The van der Waals surface area contributed by atoms with Gasteiger partial charge in [-0.25, -0.2) is 0 Å². The lowest BCUT2D eigenvalue weighted by atomic mass is 9.97. The molecule has 0 atom stereocenters. The maximum absolute atomic E-state index is 12.3. The standard InChI is InChI=1S/C21H29ClN2O2/c1-4-6-12-18-20(16-10-7-8-11-17(16)22)19(21(23)25)15(3)24(18)13-9-14-26-5-2/h7-8,10-11H,4-6,9,12-14H2,1-3H3,(H2,23,25). The monoisotopic (exact) mass is 376 g/mol. The van der Waals surface area contributed by atoms with Crippen LogP contribution in [0.4, 0.5) is 0 Å². The van der Waals surface area contributed by atoms with Gasteiger partial charge in [-0.05, 0) is 39.2 Å². The SMILES string of the molecule is CCCCc1c(-c2ccccc2Cl)c(C(N)=O)c(C)n1CCCOCC. The third-order valence-electron chi connectivity index (χ3n) is 4.66. The molecule has 2 aromatic rings. The number of nitrogens with zero attached hydrogens (tertiary/aromatic N) is 1. The highest BCUT2D eigenvalue weighted by atomic mass is 35.5. The first-order valence-electron chi connectivity index (χ1n) is 9.37. The number of halogens is 1. The number of amides is 1. The molecule has 1 amide bonds. The number of primary amides is 1. The highest BCUT2D eigenvalue weighted by Gasteiger charge is 2.25. The summed E-state index contributed by atoms with van der Waals surface area (Å²) in [5.41, 5.74) is 10.2. The van der Waals surface area contributed by atoms with Gasteiger partial charge in [0.05, 0.1) is 5.56 Å². The summed E-state index contributed by atoms with van der Waals surface area (Å²) in [5, 5.41) is 0.638. The third kappa shape index (κ3) is 4.49. The number of carbonyl (C=O) groups excluding carboxylic acids is 1. The summed E-state index contributed by atoms with van der Waals surface area (Å²) in [6.07, 6.45) is 3.91. The molecule has 0 unspecified atom stereocenters. The number of hydrogen-bond acceptors (Lipinski definition) is 2. The van der Waals surface area contributed by atoms with Crippen molar-refractivity contribution in [1.82, 2.24) is 4.57 Å². The van der Waals surface area contributed by atoms with Gasteiger partial charge in [-0.3, -0.25) is 4.79 Å². The van der Waals surface area contributed by atoms with Crippen LogP contribution >= 0.6 is 11.6 Å². The highest BCUT2D eigenvalue weighted by Crippen LogP contribution is 2.37. The van der Waals surface area contributed by atoms with Gasteiger partial charge in [0.2, 0.25) is 0 Å². The molecule has 2 rings (SSSR count). The van der Waals surface area contributed by atoms with E-state index in [-0.39, 0.29) is 0 Å². The largest absolute Gasteiger partial charge is 0.382 e. The fourth-order valence-electron chi connectivity index (χ4n) is 3.43. The number of hydrogen-bond donors (Lipinski definition) is 1. The first kappa shape index (κ1) is 20.5. The molecule has 0 aliphatic heterocycles. The molecular formula is C21H29ClN2O2. The lowest BCUT2D eigenvalue weighted by Gasteiger charge is -2.14. The van der Waals surface area contributed by atoms with E-state index in [0.29, 0.717) is 23.8 Å². The van der Waals surface area contributed by atoms with E-state index < -0.39 is 5.91 Å². The van der Waals surface area contributed by atoms with Crippen molar-refractivity contribution >= 4 is 17.5 Å². The van der Waals surface area contributed by atoms with E-state index in [1.165, 1.54) is 0 Å². The molecule has 5 heteroatoms. The Labute approximate surface area is 161 Å². The number of carbonyl (C=O) groups is 1. The van der Waals surface area contributed by atoms with Crippen LogP contribution in [0, 0.1) is 6.92 Å². The number of ether oxygens (including phenoxy) is 1. The molecule has 0 aliphatic carbocycles. The van der Waals surface area contributed by atoms with E-state index in [1.807, 2.05) is 38.1 Å². The van der Waals surface area contributed by atoms with Crippen molar-refractivity contribution in [3.8, 4) is 11.1 Å². The van der Waals surface area contributed by atoms with Crippen LogP contribution < -0.4 is 5.73 Å². The van der Waals surface area contributed by atoms with Crippen LogP contribution in [-0.2, 0) is 17.7 Å². The molecular weight excluding hydrogens is 348 g/mol. The zero-order chi connectivity index (χ0) is 19.1. The van der Waals surface area contributed by atoms with Crippen LogP contribution in [0.25, 0.3) is 11.1 Å². The van der Waals surface area contributed by atoms with Crippen molar-refractivity contribution < 1.29 is 9.53 Å². The zero-order valence-electron chi connectivity index (χ0n) is 16.0. The van der Waals surface area contributed by atoms with Crippen molar-refractivity contribution in [3.05, 3.63) is 46.2 Å². The molecule has 0 fully saturated rings. The van der Waals surface area contributed by atoms with Gasteiger partial charge in [0.1, 0.15) is 0 Å². The molecule has 1 aromatic heterocycles. The van der Waals surface area contributed by atoms with Gasteiger partial charge in [-0.1, -0.05) is 43.1 Å². The Balaban J connectivity index is 2.59. The zero-order valence-corrected chi connectivity index (χ0v) is 16.7. The van der Waals surface area contributed by atoms with Crippen molar-refractivity contribution in [2.75, 3.05) is 13.2 Å². The Hall–Kier alpha value is -1.78. The molecule has 4 nitrogen and oxygen atoms in total. The van der Waals surface area contributed by atoms with Crippen LogP contribution in [0.15, 0.2) is 24.3 Å². The summed E-state index contributed by atoms with van der Waals surface area (Å²) in [6, 6.07) is 7.65.